The monoisotopic (exact) mass is 430 g/mol. The first-order valence-corrected chi connectivity index (χ1v) is 10.4. The van der Waals surface area contributed by atoms with Crippen molar-refractivity contribution in [1.29, 1.82) is 0 Å². The summed E-state index contributed by atoms with van der Waals surface area (Å²) in [5.41, 5.74) is 2.00. The van der Waals surface area contributed by atoms with Crippen LogP contribution in [0.5, 0.6) is 11.5 Å². The zero-order valence-electron chi connectivity index (χ0n) is 17.4. The molecular formula is C25H22N2O5. The molecule has 0 radical (unpaired) electrons. The van der Waals surface area contributed by atoms with Crippen molar-refractivity contribution in [2.24, 2.45) is 5.92 Å². The number of ether oxygens (including phenoxy) is 1. The summed E-state index contributed by atoms with van der Waals surface area (Å²) in [5, 5.41) is 12.4. The van der Waals surface area contributed by atoms with Gasteiger partial charge in [-0.3, -0.25) is 19.3 Å². The number of hydrogen-bond acceptors (Lipinski definition) is 6. The third-order valence-electron chi connectivity index (χ3n) is 5.97. The largest absolute Gasteiger partial charge is 0.504 e. The summed E-state index contributed by atoms with van der Waals surface area (Å²) >= 11 is 0. The average molecular weight is 430 g/mol. The summed E-state index contributed by atoms with van der Waals surface area (Å²) in [6.07, 6.45) is -0.970. The molecule has 32 heavy (non-hydrogen) atoms. The van der Waals surface area contributed by atoms with Gasteiger partial charge in [-0.2, -0.15) is 0 Å². The predicted molar refractivity (Wildman–Crippen MR) is 117 cm³/mol. The van der Waals surface area contributed by atoms with Crippen molar-refractivity contribution in [3.8, 4) is 11.5 Å². The number of carbonyl (C=O) groups is 2. The molecule has 2 saturated heterocycles. The topological polar surface area (TPSA) is 79.3 Å². The van der Waals surface area contributed by atoms with Crippen molar-refractivity contribution in [2.45, 2.75) is 18.7 Å². The normalized spacial score (nSPS) is 22.3. The second-order valence-corrected chi connectivity index (χ2v) is 7.80. The molecular weight excluding hydrogens is 408 g/mol. The number of para-hydroxylation sites is 2. The molecule has 3 atom stereocenters. The fourth-order valence-corrected chi connectivity index (χ4v) is 4.45. The van der Waals surface area contributed by atoms with E-state index >= 15 is 0 Å². The number of fused-ring (bicyclic) bond motifs is 1. The van der Waals surface area contributed by atoms with Crippen LogP contribution >= 0.6 is 0 Å². The van der Waals surface area contributed by atoms with Crippen molar-refractivity contribution in [2.75, 3.05) is 12.2 Å². The molecule has 7 nitrogen and oxygen atoms in total. The van der Waals surface area contributed by atoms with Crippen LogP contribution in [0.15, 0.2) is 78.9 Å². The number of imide groups is 1. The Morgan fingerprint density at radius 3 is 2.28 bits per heavy atom. The quantitative estimate of drug-likeness (QED) is 0.625. The summed E-state index contributed by atoms with van der Waals surface area (Å²) < 4.78 is 5.27. The van der Waals surface area contributed by atoms with Crippen LogP contribution in [0.2, 0.25) is 0 Å². The molecule has 1 N–H and O–H groups in total. The molecule has 2 fully saturated rings. The van der Waals surface area contributed by atoms with E-state index in [2.05, 4.69) is 0 Å². The van der Waals surface area contributed by atoms with Crippen LogP contribution in [0, 0.1) is 5.92 Å². The minimum atomic E-state index is -0.970. The van der Waals surface area contributed by atoms with Gasteiger partial charge in [0, 0.05) is 5.56 Å². The summed E-state index contributed by atoms with van der Waals surface area (Å²) in [6, 6.07) is 23.0. The summed E-state index contributed by atoms with van der Waals surface area (Å²) in [7, 11) is 1.47. The van der Waals surface area contributed by atoms with E-state index in [1.54, 1.807) is 23.3 Å². The first-order chi connectivity index (χ1) is 15.6. The van der Waals surface area contributed by atoms with Gasteiger partial charge in [0.2, 0.25) is 5.91 Å². The first-order valence-electron chi connectivity index (χ1n) is 10.4. The van der Waals surface area contributed by atoms with Gasteiger partial charge in [-0.15, -0.1) is 0 Å². The van der Waals surface area contributed by atoms with Crippen LogP contribution in [0.4, 0.5) is 5.69 Å². The molecule has 0 spiro atoms. The van der Waals surface area contributed by atoms with Gasteiger partial charge in [-0.05, 0) is 23.8 Å². The number of carbonyl (C=O) groups excluding carboxylic acids is 2. The average Bonchev–Trinajstić information content (AvgIpc) is 3.32. The molecule has 2 aliphatic rings. The van der Waals surface area contributed by atoms with Crippen LogP contribution in [0.1, 0.15) is 17.2 Å². The fraction of sp³-hybridized carbons (Fsp3) is 0.200. The second-order valence-electron chi connectivity index (χ2n) is 7.80. The van der Waals surface area contributed by atoms with Crippen LogP contribution in [0.3, 0.4) is 0 Å². The number of benzene rings is 3. The highest BCUT2D eigenvalue weighted by Gasteiger charge is 2.60. The van der Waals surface area contributed by atoms with E-state index in [1.807, 2.05) is 60.7 Å². The molecule has 0 aromatic heterocycles. The Hall–Kier alpha value is -3.84. The lowest BCUT2D eigenvalue weighted by molar-refractivity contribution is -0.143. The highest BCUT2D eigenvalue weighted by atomic mass is 16.7. The number of methoxy groups -OCH3 is 1. The van der Waals surface area contributed by atoms with E-state index in [0.29, 0.717) is 11.3 Å². The van der Waals surface area contributed by atoms with E-state index in [0.717, 1.165) is 5.56 Å². The van der Waals surface area contributed by atoms with Crippen molar-refractivity contribution < 1.29 is 24.3 Å². The molecule has 3 aromatic carbocycles. The van der Waals surface area contributed by atoms with Gasteiger partial charge >= 0.3 is 0 Å². The van der Waals surface area contributed by atoms with Crippen molar-refractivity contribution in [1.82, 2.24) is 4.90 Å². The molecule has 2 amide bonds. The van der Waals surface area contributed by atoms with Gasteiger partial charge < -0.3 is 9.84 Å². The zero-order valence-corrected chi connectivity index (χ0v) is 17.4. The number of rotatable bonds is 5. The molecule has 0 bridgehead atoms. The lowest BCUT2D eigenvalue weighted by Crippen LogP contribution is -2.37. The zero-order chi connectivity index (χ0) is 22.2. The molecule has 162 valence electrons. The fourth-order valence-electron chi connectivity index (χ4n) is 4.45. The van der Waals surface area contributed by atoms with Crippen molar-refractivity contribution in [3.05, 3.63) is 90.0 Å². The molecule has 0 saturated carbocycles. The number of phenolic OH excluding ortho intramolecular Hbond substituents is 1. The Bertz CT molecular complexity index is 1150. The van der Waals surface area contributed by atoms with Crippen LogP contribution < -0.4 is 9.80 Å². The number of hydroxylamine groups is 1. The molecule has 0 aliphatic carbocycles. The van der Waals surface area contributed by atoms with Crippen molar-refractivity contribution in [3.63, 3.8) is 0 Å². The van der Waals surface area contributed by atoms with Gasteiger partial charge in [0.25, 0.3) is 5.91 Å². The molecule has 2 aliphatic heterocycles. The van der Waals surface area contributed by atoms with Gasteiger partial charge in [-0.25, -0.2) is 5.06 Å². The van der Waals surface area contributed by atoms with Gasteiger partial charge in [0.1, 0.15) is 12.0 Å². The minimum absolute atomic E-state index is 0.0769. The third kappa shape index (κ3) is 3.18. The summed E-state index contributed by atoms with van der Waals surface area (Å²) in [6.45, 7) is 0.178. The molecule has 2 heterocycles. The van der Waals surface area contributed by atoms with Gasteiger partial charge in [0.05, 0.1) is 19.3 Å². The Morgan fingerprint density at radius 2 is 1.59 bits per heavy atom. The molecule has 0 unspecified atom stereocenters. The maximum absolute atomic E-state index is 13.5. The molecule has 5 rings (SSSR count). The Morgan fingerprint density at radius 1 is 0.906 bits per heavy atom. The predicted octanol–water partition coefficient (Wildman–Crippen LogP) is 3.45. The third-order valence-corrected chi connectivity index (χ3v) is 5.97. The lowest BCUT2D eigenvalue weighted by Gasteiger charge is -2.29. The second kappa shape index (κ2) is 8.01. The van der Waals surface area contributed by atoms with E-state index in [1.165, 1.54) is 12.0 Å². The number of phenols is 1. The summed E-state index contributed by atoms with van der Waals surface area (Å²) in [5.74, 6) is -1.29. The Labute approximate surface area is 185 Å². The lowest BCUT2D eigenvalue weighted by atomic mass is 9.90. The van der Waals surface area contributed by atoms with E-state index in [-0.39, 0.29) is 29.9 Å². The summed E-state index contributed by atoms with van der Waals surface area (Å²) in [4.78, 5) is 34.1. The van der Waals surface area contributed by atoms with Crippen LogP contribution in [-0.4, -0.2) is 35.0 Å². The number of likely N-dealkylation sites (tertiary alicyclic amines) is 1. The van der Waals surface area contributed by atoms with E-state index in [9.17, 15) is 14.7 Å². The maximum Gasteiger partial charge on any atom is 0.262 e. The number of amides is 2. The highest BCUT2D eigenvalue weighted by molar-refractivity contribution is 6.07. The van der Waals surface area contributed by atoms with Crippen LogP contribution in [0.25, 0.3) is 0 Å². The van der Waals surface area contributed by atoms with Gasteiger partial charge in [-0.1, -0.05) is 60.7 Å². The smallest absolute Gasteiger partial charge is 0.262 e. The Balaban J connectivity index is 1.57. The maximum atomic E-state index is 13.5. The number of nitrogens with zero attached hydrogens (tertiary/aromatic N) is 2. The number of anilines is 1. The highest BCUT2D eigenvalue weighted by Crippen LogP contribution is 2.50. The van der Waals surface area contributed by atoms with E-state index in [4.69, 9.17) is 9.57 Å². The minimum Gasteiger partial charge on any atom is -0.504 e. The first kappa shape index (κ1) is 20.1. The molecule has 7 heteroatoms. The number of hydrogen-bond donors (Lipinski definition) is 1. The van der Waals surface area contributed by atoms with Crippen molar-refractivity contribution >= 4 is 17.5 Å². The Kier molecular flexibility index (Phi) is 5.03. The SMILES string of the molecule is COc1cccc([C@@H]2[C@@H]3C(=O)N(Cc4ccccc4)C(=O)[C@H]3ON2c2ccccc2)c1O. The van der Waals surface area contributed by atoms with Gasteiger partial charge in [0.15, 0.2) is 17.6 Å². The molecule has 3 aromatic rings. The number of aromatic hydroxyl groups is 1. The van der Waals surface area contributed by atoms with Crippen LogP contribution in [-0.2, 0) is 21.0 Å². The van der Waals surface area contributed by atoms with E-state index < -0.39 is 18.1 Å². The standard InChI is InChI=1S/C25H22N2O5/c1-31-19-14-8-13-18(22(19)28)21-20-23(32-27(21)17-11-6-3-7-12-17)25(30)26(24(20)29)15-16-9-4-2-5-10-16/h2-14,20-21,23,28H,15H2,1H3/t20-,21+,23-/m0/s1.